The number of amides is 1. The number of rotatable bonds is 9. The molecule has 0 saturated carbocycles. The van der Waals surface area contributed by atoms with Crippen LogP contribution in [0.3, 0.4) is 0 Å². The van der Waals surface area contributed by atoms with Crippen molar-refractivity contribution in [3.63, 3.8) is 0 Å². The molecule has 8 nitrogen and oxygen atoms in total. The molecule has 1 amide bonds. The lowest BCUT2D eigenvalue weighted by atomic mass is 9.92. The first-order chi connectivity index (χ1) is 14.9. The zero-order valence-corrected chi connectivity index (χ0v) is 21.7. The van der Waals surface area contributed by atoms with Crippen molar-refractivity contribution in [2.45, 2.75) is 109 Å². The SMILES string of the molecule is CC1[C@H](OCCCCC(=O)N2CCC(O[Si](C)(C)C(C)(C)C)CC2)OC(CO)[C@H](O)[C@@H]1O. The summed E-state index contributed by atoms with van der Waals surface area (Å²) in [6.07, 6.45) is 0.302. The van der Waals surface area contributed by atoms with E-state index in [2.05, 4.69) is 33.9 Å². The molecule has 2 fully saturated rings. The summed E-state index contributed by atoms with van der Waals surface area (Å²) in [4.78, 5) is 14.5. The number of nitrogens with zero attached hydrogens (tertiary/aromatic N) is 1. The van der Waals surface area contributed by atoms with Crippen molar-refractivity contribution in [1.82, 2.24) is 4.90 Å². The van der Waals surface area contributed by atoms with Crippen molar-refractivity contribution in [3.8, 4) is 0 Å². The highest BCUT2D eigenvalue weighted by molar-refractivity contribution is 6.74. The summed E-state index contributed by atoms with van der Waals surface area (Å²) < 4.78 is 17.8. The van der Waals surface area contributed by atoms with Crippen LogP contribution in [0.4, 0.5) is 0 Å². The van der Waals surface area contributed by atoms with Crippen LogP contribution >= 0.6 is 0 Å². The molecule has 0 aliphatic carbocycles. The average molecular weight is 476 g/mol. The highest BCUT2D eigenvalue weighted by atomic mass is 28.4. The highest BCUT2D eigenvalue weighted by Gasteiger charge is 2.42. The zero-order valence-electron chi connectivity index (χ0n) is 20.7. The van der Waals surface area contributed by atoms with E-state index in [4.69, 9.17) is 13.9 Å². The number of carbonyl (C=O) groups excluding carboxylic acids is 1. The van der Waals surface area contributed by atoms with E-state index in [1.807, 2.05) is 4.90 Å². The number of unbranched alkanes of at least 4 members (excludes halogenated alkanes) is 1. The molecular weight excluding hydrogens is 430 g/mol. The van der Waals surface area contributed by atoms with Gasteiger partial charge in [0.05, 0.1) is 12.7 Å². The van der Waals surface area contributed by atoms with Gasteiger partial charge in [-0.3, -0.25) is 4.79 Å². The molecule has 0 aromatic carbocycles. The summed E-state index contributed by atoms with van der Waals surface area (Å²) in [7, 11) is -1.78. The predicted octanol–water partition coefficient (Wildman–Crippen LogP) is 2.26. The maximum absolute atomic E-state index is 12.6. The fraction of sp³-hybridized carbons (Fsp3) is 0.957. The molecule has 0 aromatic rings. The second kappa shape index (κ2) is 11.7. The molecule has 2 heterocycles. The molecule has 0 bridgehead atoms. The van der Waals surface area contributed by atoms with Gasteiger partial charge in [-0.2, -0.15) is 0 Å². The summed E-state index contributed by atoms with van der Waals surface area (Å²) in [6, 6.07) is 0. The number of aliphatic hydroxyl groups is 3. The third-order valence-electron chi connectivity index (χ3n) is 7.32. The molecule has 32 heavy (non-hydrogen) atoms. The molecule has 2 aliphatic heterocycles. The Morgan fingerprint density at radius 2 is 1.75 bits per heavy atom. The van der Waals surface area contributed by atoms with Gasteiger partial charge < -0.3 is 34.1 Å². The number of likely N-dealkylation sites (tertiary alicyclic amines) is 1. The first kappa shape index (κ1) is 27.7. The largest absolute Gasteiger partial charge is 0.414 e. The number of carbonyl (C=O) groups is 1. The smallest absolute Gasteiger partial charge is 0.222 e. The predicted molar refractivity (Wildman–Crippen MR) is 125 cm³/mol. The van der Waals surface area contributed by atoms with Gasteiger partial charge in [-0.25, -0.2) is 0 Å². The zero-order chi connectivity index (χ0) is 24.1. The van der Waals surface area contributed by atoms with Gasteiger partial charge in [-0.1, -0.05) is 27.7 Å². The maximum Gasteiger partial charge on any atom is 0.222 e. The van der Waals surface area contributed by atoms with Gasteiger partial charge in [0.2, 0.25) is 5.91 Å². The molecule has 9 heteroatoms. The van der Waals surface area contributed by atoms with E-state index in [-0.39, 0.29) is 23.7 Å². The third kappa shape index (κ3) is 7.22. The summed E-state index contributed by atoms with van der Waals surface area (Å²) in [5.41, 5.74) is 0. The number of piperidine rings is 1. The standard InChI is InChI=1S/C23H45NO7Si/c1-16-20(27)21(28)18(15-25)30-22(16)29-14-8-7-9-19(26)24-12-10-17(11-13-24)31-32(5,6)23(2,3)4/h16-18,20-22,25,27-28H,7-15H2,1-6H3/t16?,18?,20-,21+,22-/m1/s1. The topological polar surface area (TPSA) is 109 Å². The van der Waals surface area contributed by atoms with Crippen molar-refractivity contribution >= 4 is 14.2 Å². The van der Waals surface area contributed by atoms with Crippen molar-refractivity contribution in [2.24, 2.45) is 5.92 Å². The van der Waals surface area contributed by atoms with E-state index in [1.54, 1.807) is 6.92 Å². The van der Waals surface area contributed by atoms with E-state index in [0.717, 1.165) is 32.4 Å². The third-order valence-corrected chi connectivity index (χ3v) is 11.9. The molecule has 0 spiro atoms. The molecular formula is C23H45NO7Si. The Balaban J connectivity index is 1.64. The molecule has 2 aliphatic rings. The van der Waals surface area contributed by atoms with E-state index < -0.39 is 38.8 Å². The Morgan fingerprint density at radius 1 is 1.12 bits per heavy atom. The Hall–Kier alpha value is -0.553. The van der Waals surface area contributed by atoms with Crippen molar-refractivity contribution in [1.29, 1.82) is 0 Å². The summed E-state index contributed by atoms with van der Waals surface area (Å²) in [5, 5.41) is 29.4. The van der Waals surface area contributed by atoms with Crippen LogP contribution in [0.25, 0.3) is 0 Å². The van der Waals surface area contributed by atoms with Crippen LogP contribution in [-0.2, 0) is 18.7 Å². The number of aliphatic hydroxyl groups excluding tert-OH is 3. The lowest BCUT2D eigenvalue weighted by molar-refractivity contribution is -0.282. The van der Waals surface area contributed by atoms with E-state index in [0.29, 0.717) is 19.4 Å². The number of hydrogen-bond acceptors (Lipinski definition) is 7. The Bertz CT molecular complexity index is 587. The van der Waals surface area contributed by atoms with E-state index in [1.165, 1.54) is 0 Å². The van der Waals surface area contributed by atoms with Gasteiger partial charge in [0.15, 0.2) is 14.6 Å². The second-order valence-electron chi connectivity index (χ2n) is 10.9. The van der Waals surface area contributed by atoms with Crippen molar-refractivity contribution in [3.05, 3.63) is 0 Å². The molecule has 2 unspecified atom stereocenters. The quantitative estimate of drug-likeness (QED) is 0.347. The second-order valence-corrected chi connectivity index (χ2v) is 15.6. The van der Waals surface area contributed by atoms with Crippen LogP contribution < -0.4 is 0 Å². The van der Waals surface area contributed by atoms with Crippen LogP contribution in [0.15, 0.2) is 0 Å². The summed E-state index contributed by atoms with van der Waals surface area (Å²) in [5.74, 6) is -0.221. The van der Waals surface area contributed by atoms with Crippen LogP contribution in [-0.4, -0.2) is 91.5 Å². The fourth-order valence-electron chi connectivity index (χ4n) is 3.96. The number of hydrogen-bond donors (Lipinski definition) is 3. The fourth-order valence-corrected chi connectivity index (χ4v) is 5.39. The van der Waals surface area contributed by atoms with Crippen LogP contribution in [0.2, 0.25) is 18.1 Å². The minimum atomic E-state index is -1.78. The van der Waals surface area contributed by atoms with Gasteiger partial charge >= 0.3 is 0 Å². The Labute approximate surface area is 194 Å². The first-order valence-corrected chi connectivity index (χ1v) is 15.0. The summed E-state index contributed by atoms with van der Waals surface area (Å²) in [6.45, 7) is 14.6. The molecule has 5 atom stereocenters. The van der Waals surface area contributed by atoms with Gasteiger partial charge in [-0.15, -0.1) is 0 Å². The Morgan fingerprint density at radius 3 is 2.31 bits per heavy atom. The monoisotopic (exact) mass is 475 g/mol. The van der Waals surface area contributed by atoms with Crippen LogP contribution in [0.1, 0.15) is 59.8 Å². The van der Waals surface area contributed by atoms with Gasteiger partial charge in [0, 0.05) is 38.1 Å². The molecule has 2 rings (SSSR count). The molecule has 2 saturated heterocycles. The van der Waals surface area contributed by atoms with E-state index >= 15 is 0 Å². The van der Waals surface area contributed by atoms with E-state index in [9.17, 15) is 20.1 Å². The van der Waals surface area contributed by atoms with Gasteiger partial charge in [0.25, 0.3) is 0 Å². The normalized spacial score (nSPS) is 30.5. The summed E-state index contributed by atoms with van der Waals surface area (Å²) >= 11 is 0. The highest BCUT2D eigenvalue weighted by Crippen LogP contribution is 2.38. The van der Waals surface area contributed by atoms with Crippen molar-refractivity contribution in [2.75, 3.05) is 26.3 Å². The number of ether oxygens (including phenoxy) is 2. The lowest BCUT2D eigenvalue weighted by Crippen LogP contribution is -2.55. The molecule has 0 radical (unpaired) electrons. The van der Waals surface area contributed by atoms with Crippen LogP contribution in [0.5, 0.6) is 0 Å². The van der Waals surface area contributed by atoms with Crippen molar-refractivity contribution < 1.29 is 34.0 Å². The molecule has 3 N–H and O–H groups in total. The maximum atomic E-state index is 12.6. The van der Waals surface area contributed by atoms with Gasteiger partial charge in [-0.05, 0) is 43.8 Å². The lowest BCUT2D eigenvalue weighted by Gasteiger charge is -2.42. The Kier molecular flexibility index (Phi) is 10.1. The first-order valence-electron chi connectivity index (χ1n) is 12.1. The molecule has 0 aromatic heterocycles. The van der Waals surface area contributed by atoms with Crippen LogP contribution in [0, 0.1) is 5.92 Å². The molecule has 188 valence electrons. The minimum absolute atomic E-state index is 0.178. The van der Waals surface area contributed by atoms with Gasteiger partial charge in [0.1, 0.15) is 12.2 Å². The average Bonchev–Trinajstić information content (AvgIpc) is 2.72. The minimum Gasteiger partial charge on any atom is -0.414 e.